The van der Waals surface area contributed by atoms with Crippen LogP contribution in [0.5, 0.6) is 0 Å². The number of carbonyl (C=O) groups is 2. The third kappa shape index (κ3) is 27.7. The molecule has 19 nitrogen and oxygen atoms in total. The normalized spacial score (nSPS) is 22.6. The lowest BCUT2D eigenvalue weighted by molar-refractivity contribution is -0.161. The Morgan fingerprint density at radius 3 is 1.90 bits per heavy atom. The maximum absolute atomic E-state index is 12.8. The van der Waals surface area contributed by atoms with Crippen molar-refractivity contribution in [2.75, 3.05) is 25.6 Å². The predicted molar refractivity (Wildman–Crippen MR) is 270 cm³/mol. The molecule has 0 radical (unpaired) electrons. The third-order valence-corrected chi connectivity index (χ3v) is 13.8. The molecular weight excluding hydrogens is 961 g/mol. The molecule has 0 saturated carbocycles. The average Bonchev–Trinajstić information content (AvgIpc) is 4.02. The molecular formula is C50H79N3O16P2. The van der Waals surface area contributed by atoms with Crippen LogP contribution in [0, 0.1) is 0 Å². The Morgan fingerprint density at radius 1 is 0.704 bits per heavy atom. The zero-order chi connectivity index (χ0) is 51.7. The number of hydrogen-bond donors (Lipinski definition) is 5. The van der Waals surface area contributed by atoms with E-state index in [1.807, 2.05) is 18.2 Å². The van der Waals surface area contributed by atoms with Crippen LogP contribution in [0.2, 0.25) is 0 Å². The van der Waals surface area contributed by atoms with E-state index in [0.717, 1.165) is 68.6 Å². The molecule has 2 aliphatic rings. The lowest BCUT2D eigenvalue weighted by Gasteiger charge is -2.21. The van der Waals surface area contributed by atoms with E-state index in [9.17, 15) is 43.5 Å². The lowest BCUT2D eigenvalue weighted by atomic mass is 10.1. The Morgan fingerprint density at radius 2 is 1.27 bits per heavy atom. The molecule has 6 N–H and O–H groups in total. The van der Waals surface area contributed by atoms with Crippen LogP contribution in [0.25, 0.3) is 0 Å². The molecule has 2 fully saturated rings. The molecule has 0 aromatic carbocycles. The van der Waals surface area contributed by atoms with Crippen LogP contribution >= 0.6 is 15.6 Å². The Hall–Kier alpha value is -3.84. The number of carbonyl (C=O) groups excluding carboxylic acids is 2. The number of aliphatic hydroxyl groups excluding tert-OH is 2. The van der Waals surface area contributed by atoms with Crippen molar-refractivity contribution in [2.45, 2.75) is 185 Å². The smallest absolute Gasteiger partial charge is 0.462 e. The first-order valence-corrected chi connectivity index (χ1v) is 28.1. The molecule has 71 heavy (non-hydrogen) atoms. The standard InChI is InChI=1S/C50H79N3O16P2/c1-3-5-7-8-9-10-11-12-13-14-15-19-22-25-29-33-45(54)63-37-40(66-46(55)34-30-26-23-20-17-16-18-21-24-28-32-42-41(67-42)31-27-6-4-2)38-64-70(59,60)69-71(61,62)65-39-43-47(56)48(57)49(68-43)53-36-35-44(51)52-50(53)58/h9-10,12-13,15-16,18-20,23-24,28,35-36,40-43,47-49,56-57H,3-8,11,14,17,21-22,25-27,29-34,37-39H2,1-2H3,(H,59,60)(H,61,62)(H2,51,52,58)/b10-9-,13-12-,18-16-,19-15-,23-20-,28-24-/t40-,41?,42?,43-,47-,48-,49-/m1/s1. The summed E-state index contributed by atoms with van der Waals surface area (Å²) in [5.41, 5.74) is 4.58. The lowest BCUT2D eigenvalue weighted by Crippen LogP contribution is -2.36. The molecule has 9 atom stereocenters. The Labute approximate surface area is 419 Å². The fourth-order valence-electron chi connectivity index (χ4n) is 7.17. The first-order valence-electron chi connectivity index (χ1n) is 25.1. The average molecular weight is 1040 g/mol. The van der Waals surface area contributed by atoms with E-state index in [1.165, 1.54) is 44.6 Å². The quantitative estimate of drug-likeness (QED) is 0.0135. The summed E-state index contributed by atoms with van der Waals surface area (Å²) in [5, 5.41) is 20.9. The Bertz CT molecular complexity index is 2040. The molecule has 0 bridgehead atoms. The minimum Gasteiger partial charge on any atom is -0.462 e. The molecule has 1 aromatic rings. The van der Waals surface area contributed by atoms with E-state index in [4.69, 9.17) is 33.7 Å². The van der Waals surface area contributed by atoms with Crippen LogP contribution in [0.3, 0.4) is 0 Å². The maximum atomic E-state index is 12.8. The fraction of sp³-hybridized carbons (Fsp3) is 0.640. The predicted octanol–water partition coefficient (Wildman–Crippen LogP) is 9.10. The molecule has 21 heteroatoms. The van der Waals surface area contributed by atoms with Gasteiger partial charge in [-0.1, -0.05) is 119 Å². The SMILES string of the molecule is CCCCC/C=C\C/C=C\C/C=C\CCCCC(=O)OC[C@H](COP(=O)(O)OP(=O)(O)OC[C@H]1O[C@@H](n2ccc(N)nc2=O)[C@H](O)[C@@H]1O)OC(=O)CCC/C=C\C/C=C\C/C=C\CC1OC1CCCCC. The number of aromatic nitrogens is 2. The fourth-order valence-corrected chi connectivity index (χ4v) is 9.28. The number of phosphoric acid groups is 2. The van der Waals surface area contributed by atoms with Crippen molar-refractivity contribution in [3.05, 3.63) is 95.7 Å². The Kier molecular flexibility index (Phi) is 30.6. The van der Waals surface area contributed by atoms with E-state index < -0.39 is 83.7 Å². The highest BCUT2D eigenvalue weighted by Crippen LogP contribution is 2.60. The highest BCUT2D eigenvalue weighted by atomic mass is 31.3. The van der Waals surface area contributed by atoms with Gasteiger partial charge in [-0.3, -0.25) is 23.2 Å². The first kappa shape index (κ1) is 61.5. The minimum atomic E-state index is -5.45. The molecule has 0 spiro atoms. The summed E-state index contributed by atoms with van der Waals surface area (Å²) in [6, 6.07) is 1.24. The summed E-state index contributed by atoms with van der Waals surface area (Å²) >= 11 is 0. The number of rotatable bonds is 39. The van der Waals surface area contributed by atoms with Crippen LogP contribution < -0.4 is 11.4 Å². The summed E-state index contributed by atoms with van der Waals surface area (Å²) in [4.78, 5) is 61.9. The van der Waals surface area contributed by atoms with Gasteiger partial charge in [-0.05, 0) is 89.5 Å². The number of nitrogens with two attached hydrogens (primary N) is 1. The zero-order valence-electron chi connectivity index (χ0n) is 41.4. The molecule has 1 aromatic heterocycles. The van der Waals surface area contributed by atoms with Crippen LogP contribution in [0.1, 0.15) is 148 Å². The van der Waals surface area contributed by atoms with E-state index in [2.05, 4.69) is 77.8 Å². The maximum Gasteiger partial charge on any atom is 0.481 e. The second kappa shape index (κ2) is 35.3. The minimum absolute atomic E-state index is 0.0415. The molecule has 3 rings (SSSR count). The summed E-state index contributed by atoms with van der Waals surface area (Å²) in [6.45, 7) is 1.99. The van der Waals surface area contributed by atoms with Crippen LogP contribution in [-0.4, -0.2) is 97.9 Å². The van der Waals surface area contributed by atoms with Gasteiger partial charge in [-0.2, -0.15) is 9.29 Å². The molecule has 0 amide bonds. The number of phosphoric ester groups is 2. The highest BCUT2D eigenvalue weighted by molar-refractivity contribution is 7.61. The molecule has 0 aliphatic carbocycles. The van der Waals surface area contributed by atoms with Gasteiger partial charge in [-0.15, -0.1) is 0 Å². The van der Waals surface area contributed by atoms with E-state index >= 15 is 0 Å². The number of nitrogen functional groups attached to an aromatic ring is 1. The molecule has 3 heterocycles. The number of ether oxygens (including phenoxy) is 4. The van der Waals surface area contributed by atoms with Crippen molar-refractivity contribution < 1.29 is 71.0 Å². The van der Waals surface area contributed by atoms with Crippen molar-refractivity contribution in [1.82, 2.24) is 9.55 Å². The number of allylic oxidation sites excluding steroid dienone is 11. The van der Waals surface area contributed by atoms with Crippen LogP contribution in [0.15, 0.2) is 90.0 Å². The van der Waals surface area contributed by atoms with Gasteiger partial charge in [0.25, 0.3) is 0 Å². The Balaban J connectivity index is 1.43. The van der Waals surface area contributed by atoms with Gasteiger partial charge >= 0.3 is 33.3 Å². The third-order valence-electron chi connectivity index (χ3n) is 11.2. The van der Waals surface area contributed by atoms with Crippen molar-refractivity contribution in [3.8, 4) is 0 Å². The van der Waals surface area contributed by atoms with Gasteiger partial charge in [0.05, 0.1) is 25.4 Å². The molecule has 400 valence electrons. The zero-order valence-corrected chi connectivity index (χ0v) is 43.2. The summed E-state index contributed by atoms with van der Waals surface area (Å²) < 4.78 is 62.4. The highest BCUT2D eigenvalue weighted by Gasteiger charge is 2.46. The second-order valence-corrected chi connectivity index (χ2v) is 20.4. The molecule has 4 unspecified atom stereocenters. The van der Waals surface area contributed by atoms with Gasteiger partial charge in [0.15, 0.2) is 12.3 Å². The monoisotopic (exact) mass is 1040 g/mol. The van der Waals surface area contributed by atoms with Gasteiger partial charge in [0.1, 0.15) is 30.7 Å². The van der Waals surface area contributed by atoms with Crippen LogP contribution in [-0.2, 0) is 51.0 Å². The van der Waals surface area contributed by atoms with Crippen molar-refractivity contribution >= 4 is 33.4 Å². The van der Waals surface area contributed by atoms with E-state index in [-0.39, 0.29) is 18.7 Å². The van der Waals surface area contributed by atoms with E-state index in [1.54, 1.807) is 0 Å². The van der Waals surface area contributed by atoms with Crippen LogP contribution in [0.4, 0.5) is 5.82 Å². The number of anilines is 1. The summed E-state index contributed by atoms with van der Waals surface area (Å²) in [5.74, 6) is -1.42. The number of aliphatic hydroxyl groups is 2. The van der Waals surface area contributed by atoms with Gasteiger partial charge in [-0.25, -0.2) is 13.9 Å². The van der Waals surface area contributed by atoms with Crippen molar-refractivity contribution in [2.24, 2.45) is 0 Å². The van der Waals surface area contributed by atoms with E-state index in [0.29, 0.717) is 31.5 Å². The largest absolute Gasteiger partial charge is 0.481 e. The molecule has 2 saturated heterocycles. The molecule has 2 aliphatic heterocycles. The number of hydrogen-bond acceptors (Lipinski definition) is 16. The van der Waals surface area contributed by atoms with Gasteiger partial charge in [0.2, 0.25) is 0 Å². The topological polar surface area (TPSA) is 278 Å². The first-order chi connectivity index (χ1) is 34.1. The summed E-state index contributed by atoms with van der Waals surface area (Å²) in [7, 11) is -10.9. The number of nitrogens with zero attached hydrogens (tertiary/aromatic N) is 2. The van der Waals surface area contributed by atoms with Gasteiger partial charge < -0.3 is 44.7 Å². The number of epoxide rings is 1. The number of esters is 2. The second-order valence-electron chi connectivity index (χ2n) is 17.3. The summed E-state index contributed by atoms with van der Waals surface area (Å²) in [6.07, 6.45) is 36.0. The van der Waals surface area contributed by atoms with Crippen molar-refractivity contribution in [3.63, 3.8) is 0 Å². The van der Waals surface area contributed by atoms with Crippen molar-refractivity contribution in [1.29, 1.82) is 0 Å². The number of unbranched alkanes of at least 4 members (excludes halogenated alkanes) is 8. The van der Waals surface area contributed by atoms with Gasteiger partial charge in [0, 0.05) is 19.0 Å².